The van der Waals surface area contributed by atoms with E-state index in [-0.39, 0.29) is 6.61 Å². The van der Waals surface area contributed by atoms with E-state index in [1.165, 1.54) is 6.07 Å². The van der Waals surface area contributed by atoms with Crippen LogP contribution in [0.4, 0.5) is 14.5 Å². The summed E-state index contributed by atoms with van der Waals surface area (Å²) in [6.45, 7) is -0.363. The number of hydrogen-bond donors (Lipinski definition) is 1. The molecule has 3 rings (SSSR count). The van der Waals surface area contributed by atoms with Gasteiger partial charge in [0.25, 0.3) is 5.91 Å². The van der Waals surface area contributed by atoms with E-state index in [1.54, 1.807) is 12.1 Å². The molecular weight excluding hydrogens is 324 g/mol. The number of carbonyl (C=O) groups is 1. The van der Waals surface area contributed by atoms with Gasteiger partial charge in [-0.2, -0.15) is 0 Å². The van der Waals surface area contributed by atoms with Crippen molar-refractivity contribution in [2.45, 2.75) is 0 Å². The molecule has 0 aliphatic rings. The Hall–Kier alpha value is -3.21. The van der Waals surface area contributed by atoms with Crippen LogP contribution in [0.15, 0.2) is 72.8 Å². The van der Waals surface area contributed by atoms with Gasteiger partial charge in [0.2, 0.25) is 0 Å². The third kappa shape index (κ3) is 4.01. The van der Waals surface area contributed by atoms with Gasteiger partial charge in [0, 0.05) is 5.56 Å². The summed E-state index contributed by atoms with van der Waals surface area (Å²) >= 11 is 0. The van der Waals surface area contributed by atoms with E-state index in [1.807, 2.05) is 42.5 Å². The van der Waals surface area contributed by atoms with E-state index < -0.39 is 23.2 Å². The molecule has 0 atom stereocenters. The van der Waals surface area contributed by atoms with Gasteiger partial charge in [0.15, 0.2) is 6.61 Å². The highest BCUT2D eigenvalue weighted by atomic mass is 19.1. The van der Waals surface area contributed by atoms with Crippen LogP contribution in [0.25, 0.3) is 11.1 Å². The quantitative estimate of drug-likeness (QED) is 0.735. The largest absolute Gasteiger partial charge is 0.483 e. The number of para-hydroxylation sites is 2. The second kappa shape index (κ2) is 7.57. The Labute approximate surface area is 143 Å². The second-order valence-electron chi connectivity index (χ2n) is 5.30. The minimum absolute atomic E-state index is 0.363. The van der Waals surface area contributed by atoms with Crippen LogP contribution in [0.2, 0.25) is 0 Å². The van der Waals surface area contributed by atoms with Crippen molar-refractivity contribution in [2.24, 2.45) is 0 Å². The first-order valence-corrected chi connectivity index (χ1v) is 7.66. The minimum Gasteiger partial charge on any atom is -0.483 e. The van der Waals surface area contributed by atoms with Gasteiger partial charge in [-0.1, -0.05) is 54.6 Å². The average Bonchev–Trinajstić information content (AvgIpc) is 2.64. The molecule has 3 aromatic rings. The topological polar surface area (TPSA) is 38.3 Å². The zero-order valence-electron chi connectivity index (χ0n) is 13.2. The summed E-state index contributed by atoms with van der Waals surface area (Å²) in [4.78, 5) is 12.0. The number of halogens is 2. The predicted molar refractivity (Wildman–Crippen MR) is 92.4 cm³/mol. The van der Waals surface area contributed by atoms with Gasteiger partial charge in [-0.3, -0.25) is 4.79 Å². The van der Waals surface area contributed by atoms with E-state index in [4.69, 9.17) is 4.74 Å². The van der Waals surface area contributed by atoms with Gasteiger partial charge in [-0.05, 0) is 23.8 Å². The van der Waals surface area contributed by atoms with Crippen LogP contribution in [-0.4, -0.2) is 12.5 Å². The SMILES string of the molecule is O=C(COc1ccccc1-c1ccccc1)Nc1c(F)cccc1F. The smallest absolute Gasteiger partial charge is 0.262 e. The zero-order valence-corrected chi connectivity index (χ0v) is 13.2. The summed E-state index contributed by atoms with van der Waals surface area (Å²) in [6, 6.07) is 20.2. The molecule has 3 nitrogen and oxygen atoms in total. The molecule has 0 bridgehead atoms. The molecule has 0 unspecified atom stereocenters. The van der Waals surface area contributed by atoms with Crippen LogP contribution in [0.1, 0.15) is 0 Å². The molecule has 1 N–H and O–H groups in total. The lowest BCUT2D eigenvalue weighted by Gasteiger charge is -2.12. The van der Waals surface area contributed by atoms with E-state index in [0.717, 1.165) is 23.3 Å². The van der Waals surface area contributed by atoms with Crippen molar-refractivity contribution in [3.63, 3.8) is 0 Å². The molecule has 0 heterocycles. The number of carbonyl (C=O) groups excluding carboxylic acids is 1. The first-order chi connectivity index (χ1) is 12.1. The fraction of sp³-hybridized carbons (Fsp3) is 0.0500. The van der Waals surface area contributed by atoms with E-state index >= 15 is 0 Å². The van der Waals surface area contributed by atoms with Crippen LogP contribution in [0.5, 0.6) is 5.75 Å². The molecule has 3 aromatic carbocycles. The summed E-state index contributed by atoms with van der Waals surface area (Å²) in [5, 5.41) is 2.19. The van der Waals surface area contributed by atoms with E-state index in [9.17, 15) is 13.6 Å². The molecule has 0 aliphatic carbocycles. The molecule has 126 valence electrons. The number of rotatable bonds is 5. The highest BCUT2D eigenvalue weighted by Gasteiger charge is 2.13. The first-order valence-electron chi connectivity index (χ1n) is 7.66. The summed E-state index contributed by atoms with van der Waals surface area (Å²) in [7, 11) is 0. The maximum atomic E-state index is 13.6. The lowest BCUT2D eigenvalue weighted by molar-refractivity contribution is -0.118. The van der Waals surface area contributed by atoms with Crippen molar-refractivity contribution in [1.82, 2.24) is 0 Å². The van der Waals surface area contributed by atoms with Crippen molar-refractivity contribution in [3.8, 4) is 16.9 Å². The van der Waals surface area contributed by atoms with E-state index in [2.05, 4.69) is 5.32 Å². The summed E-state index contributed by atoms with van der Waals surface area (Å²) in [5.74, 6) is -1.80. The number of benzene rings is 3. The minimum atomic E-state index is -0.835. The molecular formula is C20H15F2NO2. The van der Waals surface area contributed by atoms with Crippen molar-refractivity contribution in [3.05, 3.63) is 84.4 Å². The van der Waals surface area contributed by atoms with Gasteiger partial charge < -0.3 is 10.1 Å². The molecule has 0 fully saturated rings. The van der Waals surface area contributed by atoms with Crippen LogP contribution in [0.3, 0.4) is 0 Å². The molecule has 1 amide bonds. The fourth-order valence-electron chi connectivity index (χ4n) is 2.38. The normalized spacial score (nSPS) is 10.3. The Kier molecular flexibility index (Phi) is 5.04. The zero-order chi connectivity index (χ0) is 17.6. The molecule has 0 radical (unpaired) electrons. The standard InChI is InChI=1S/C20H15F2NO2/c21-16-10-6-11-17(22)20(16)23-19(24)13-25-18-12-5-4-9-15(18)14-7-2-1-3-8-14/h1-12H,13H2,(H,23,24). The van der Waals surface area contributed by atoms with Gasteiger partial charge in [-0.15, -0.1) is 0 Å². The Morgan fingerprint density at radius 1 is 0.840 bits per heavy atom. The number of nitrogens with one attached hydrogen (secondary N) is 1. The predicted octanol–water partition coefficient (Wildman–Crippen LogP) is 4.65. The third-order valence-corrected chi connectivity index (χ3v) is 3.56. The Morgan fingerprint density at radius 3 is 2.20 bits per heavy atom. The Bertz CT molecular complexity index is 862. The van der Waals surface area contributed by atoms with Gasteiger partial charge in [-0.25, -0.2) is 8.78 Å². The maximum absolute atomic E-state index is 13.6. The highest BCUT2D eigenvalue weighted by molar-refractivity contribution is 5.92. The van der Waals surface area contributed by atoms with Gasteiger partial charge in [0.05, 0.1) is 0 Å². The monoisotopic (exact) mass is 339 g/mol. The summed E-state index contributed by atoms with van der Waals surface area (Å²) in [6.07, 6.45) is 0. The Morgan fingerprint density at radius 2 is 1.48 bits per heavy atom. The fourth-order valence-corrected chi connectivity index (χ4v) is 2.38. The molecule has 25 heavy (non-hydrogen) atoms. The molecule has 0 aromatic heterocycles. The first kappa shape index (κ1) is 16.6. The molecule has 0 spiro atoms. The van der Waals surface area contributed by atoms with Crippen LogP contribution >= 0.6 is 0 Å². The van der Waals surface area contributed by atoms with E-state index in [0.29, 0.717) is 5.75 Å². The number of hydrogen-bond acceptors (Lipinski definition) is 2. The lowest BCUT2D eigenvalue weighted by Crippen LogP contribution is -2.21. The van der Waals surface area contributed by atoms with Crippen molar-refractivity contribution >= 4 is 11.6 Å². The maximum Gasteiger partial charge on any atom is 0.262 e. The van der Waals surface area contributed by atoms with Crippen molar-refractivity contribution < 1.29 is 18.3 Å². The third-order valence-electron chi connectivity index (χ3n) is 3.56. The highest BCUT2D eigenvalue weighted by Crippen LogP contribution is 2.29. The van der Waals surface area contributed by atoms with Crippen LogP contribution < -0.4 is 10.1 Å². The number of amides is 1. The molecule has 0 saturated heterocycles. The average molecular weight is 339 g/mol. The molecule has 0 saturated carbocycles. The van der Waals surface area contributed by atoms with Crippen molar-refractivity contribution in [2.75, 3.05) is 11.9 Å². The molecule has 5 heteroatoms. The number of anilines is 1. The van der Waals surface area contributed by atoms with Gasteiger partial charge in [0.1, 0.15) is 23.1 Å². The Balaban J connectivity index is 1.71. The summed E-state index contributed by atoms with van der Waals surface area (Å²) in [5.41, 5.74) is 1.29. The van der Waals surface area contributed by atoms with Crippen molar-refractivity contribution in [1.29, 1.82) is 0 Å². The second-order valence-corrected chi connectivity index (χ2v) is 5.30. The van der Waals surface area contributed by atoms with Crippen LogP contribution in [-0.2, 0) is 4.79 Å². The summed E-state index contributed by atoms with van der Waals surface area (Å²) < 4.78 is 32.7. The molecule has 0 aliphatic heterocycles. The lowest BCUT2D eigenvalue weighted by atomic mass is 10.1. The van der Waals surface area contributed by atoms with Gasteiger partial charge >= 0.3 is 0 Å². The van der Waals surface area contributed by atoms with Crippen LogP contribution in [0, 0.1) is 11.6 Å². The number of ether oxygens (including phenoxy) is 1.